The quantitative estimate of drug-likeness (QED) is 0.366. The van der Waals surface area contributed by atoms with Crippen LogP contribution in [-0.4, -0.2) is 51.5 Å². The number of benzene rings is 2. The zero-order valence-electron chi connectivity index (χ0n) is 21.8. The topological polar surface area (TPSA) is 90.6 Å². The van der Waals surface area contributed by atoms with Crippen LogP contribution in [-0.2, 0) is 16.1 Å². The summed E-state index contributed by atoms with van der Waals surface area (Å²) in [5, 5.41) is 7.79. The number of nitrogens with zero attached hydrogens (tertiary/aromatic N) is 4. The molecule has 1 N–H and O–H groups in total. The van der Waals surface area contributed by atoms with Crippen molar-refractivity contribution in [3.63, 3.8) is 0 Å². The van der Waals surface area contributed by atoms with E-state index in [0.717, 1.165) is 34.0 Å². The molecule has 2 aromatic heterocycles. The molecule has 2 amide bonds. The van der Waals surface area contributed by atoms with Crippen molar-refractivity contribution in [1.82, 2.24) is 24.6 Å². The lowest BCUT2D eigenvalue weighted by molar-refractivity contribution is -0.142. The molecular weight excluding hydrogens is 482 g/mol. The van der Waals surface area contributed by atoms with Crippen molar-refractivity contribution in [1.29, 1.82) is 0 Å². The van der Waals surface area contributed by atoms with E-state index >= 15 is 0 Å². The van der Waals surface area contributed by atoms with Crippen LogP contribution in [0.1, 0.15) is 41.9 Å². The number of nitrogens with one attached hydrogen (secondary N) is 1. The van der Waals surface area contributed by atoms with Gasteiger partial charge in [0.25, 0.3) is 0 Å². The molecule has 0 spiro atoms. The van der Waals surface area contributed by atoms with Crippen molar-refractivity contribution < 1.29 is 19.1 Å². The predicted octanol–water partition coefficient (Wildman–Crippen LogP) is 4.55. The average molecular weight is 514 g/mol. The number of esters is 1. The molecule has 3 heterocycles. The fourth-order valence-electron chi connectivity index (χ4n) is 4.92. The molecule has 0 radical (unpaired) electrons. The Morgan fingerprint density at radius 3 is 2.66 bits per heavy atom. The van der Waals surface area contributed by atoms with Crippen molar-refractivity contribution in [2.24, 2.45) is 0 Å². The summed E-state index contributed by atoms with van der Waals surface area (Å²) in [4.78, 5) is 27.4. The molecule has 38 heavy (non-hydrogen) atoms. The standard InChI is InChI=1S/C29H31N5O4/c1-4-38-26(35)15-16-30-29(36)33-19-24-20(2)31-34(22-11-6-5-7-12-22)28(24)32-17-9-14-25(32)27(33)21-10-8-13-23(18-21)37-3/h5-14,17-18,27H,4,15-16,19H2,1-3H3,(H,30,36)/t27-/m0/s1. The molecule has 1 aliphatic rings. The zero-order chi connectivity index (χ0) is 26.6. The summed E-state index contributed by atoms with van der Waals surface area (Å²) in [5.74, 6) is 1.25. The summed E-state index contributed by atoms with van der Waals surface area (Å²) in [6, 6.07) is 21.0. The Morgan fingerprint density at radius 1 is 1.08 bits per heavy atom. The third-order valence-corrected chi connectivity index (χ3v) is 6.67. The number of ether oxygens (including phenoxy) is 2. The number of carbonyl (C=O) groups excluding carboxylic acids is 2. The monoisotopic (exact) mass is 513 g/mol. The van der Waals surface area contributed by atoms with E-state index in [-0.39, 0.29) is 25.0 Å². The zero-order valence-corrected chi connectivity index (χ0v) is 21.8. The first-order valence-electron chi connectivity index (χ1n) is 12.7. The maximum atomic E-state index is 13.8. The number of aromatic nitrogens is 3. The molecule has 0 saturated carbocycles. The first kappa shape index (κ1) is 25.1. The molecule has 5 rings (SSSR count). The van der Waals surface area contributed by atoms with E-state index < -0.39 is 6.04 Å². The van der Waals surface area contributed by atoms with Crippen molar-refractivity contribution >= 4 is 12.0 Å². The minimum Gasteiger partial charge on any atom is -0.497 e. The van der Waals surface area contributed by atoms with Crippen LogP contribution >= 0.6 is 0 Å². The highest BCUT2D eigenvalue weighted by molar-refractivity contribution is 5.77. The van der Waals surface area contributed by atoms with Gasteiger partial charge < -0.3 is 24.3 Å². The maximum absolute atomic E-state index is 13.8. The lowest BCUT2D eigenvalue weighted by atomic mass is 10.0. The molecule has 9 nitrogen and oxygen atoms in total. The minimum absolute atomic E-state index is 0.101. The van der Waals surface area contributed by atoms with Gasteiger partial charge in [-0.15, -0.1) is 0 Å². The molecule has 9 heteroatoms. The first-order valence-corrected chi connectivity index (χ1v) is 12.7. The lowest BCUT2D eigenvalue weighted by Crippen LogP contribution is -2.42. The van der Waals surface area contributed by atoms with Crippen molar-refractivity contribution in [2.75, 3.05) is 20.3 Å². The van der Waals surface area contributed by atoms with Crippen molar-refractivity contribution in [3.05, 3.63) is 95.4 Å². The van der Waals surface area contributed by atoms with Gasteiger partial charge in [0.05, 0.1) is 49.8 Å². The lowest BCUT2D eigenvalue weighted by Gasteiger charge is -2.31. The Kier molecular flexibility index (Phi) is 7.17. The van der Waals surface area contributed by atoms with Gasteiger partial charge in [-0.25, -0.2) is 9.48 Å². The molecule has 1 aliphatic heterocycles. The number of methoxy groups -OCH3 is 1. The Hall–Kier alpha value is -4.53. The molecule has 2 aromatic carbocycles. The summed E-state index contributed by atoms with van der Waals surface area (Å²) < 4.78 is 14.6. The number of carbonyl (C=O) groups is 2. The van der Waals surface area contributed by atoms with Crippen LogP contribution < -0.4 is 10.1 Å². The summed E-state index contributed by atoms with van der Waals surface area (Å²) in [6.07, 6.45) is 2.11. The second-order valence-corrected chi connectivity index (χ2v) is 9.03. The number of rotatable bonds is 7. The second-order valence-electron chi connectivity index (χ2n) is 9.03. The number of fused-ring (bicyclic) bond motifs is 3. The van der Waals surface area contributed by atoms with Crippen molar-refractivity contribution in [3.8, 4) is 17.3 Å². The van der Waals surface area contributed by atoms with Gasteiger partial charge in [-0.05, 0) is 55.8 Å². The van der Waals surface area contributed by atoms with Gasteiger partial charge in [0, 0.05) is 18.3 Å². The van der Waals surface area contributed by atoms with Crippen LogP contribution in [0.5, 0.6) is 5.75 Å². The Balaban J connectivity index is 1.61. The Labute approximate surface area is 221 Å². The summed E-state index contributed by atoms with van der Waals surface area (Å²) in [7, 11) is 1.63. The van der Waals surface area contributed by atoms with E-state index in [4.69, 9.17) is 14.6 Å². The number of amides is 2. The van der Waals surface area contributed by atoms with Crippen LogP contribution in [0.4, 0.5) is 4.79 Å². The number of aryl methyl sites for hydroxylation is 1. The van der Waals surface area contributed by atoms with E-state index in [1.54, 1.807) is 18.9 Å². The van der Waals surface area contributed by atoms with E-state index in [1.807, 2.05) is 84.5 Å². The molecule has 0 aliphatic carbocycles. The largest absolute Gasteiger partial charge is 0.497 e. The van der Waals surface area contributed by atoms with Crippen LogP contribution in [0, 0.1) is 6.92 Å². The third-order valence-electron chi connectivity index (χ3n) is 6.67. The molecular formula is C29H31N5O4. The highest BCUT2D eigenvalue weighted by atomic mass is 16.5. The highest BCUT2D eigenvalue weighted by Crippen LogP contribution is 2.39. The summed E-state index contributed by atoms with van der Waals surface area (Å²) in [6.45, 7) is 4.53. The van der Waals surface area contributed by atoms with Crippen LogP contribution in [0.3, 0.4) is 0 Å². The summed E-state index contributed by atoms with van der Waals surface area (Å²) >= 11 is 0. The van der Waals surface area contributed by atoms with Gasteiger partial charge in [-0.2, -0.15) is 5.10 Å². The number of hydrogen-bond donors (Lipinski definition) is 1. The number of hydrogen-bond acceptors (Lipinski definition) is 5. The Morgan fingerprint density at radius 2 is 1.89 bits per heavy atom. The number of para-hydroxylation sites is 1. The molecule has 4 aromatic rings. The fourth-order valence-corrected chi connectivity index (χ4v) is 4.92. The van der Waals surface area contributed by atoms with E-state index in [0.29, 0.717) is 18.9 Å². The van der Waals surface area contributed by atoms with Crippen LogP contribution in [0.25, 0.3) is 11.5 Å². The normalized spacial score (nSPS) is 14.3. The smallest absolute Gasteiger partial charge is 0.318 e. The Bertz CT molecular complexity index is 1440. The van der Waals surface area contributed by atoms with Crippen molar-refractivity contribution in [2.45, 2.75) is 32.9 Å². The second kappa shape index (κ2) is 10.8. The molecule has 0 saturated heterocycles. The minimum atomic E-state index is -0.418. The molecule has 0 fully saturated rings. The van der Waals surface area contributed by atoms with E-state index in [2.05, 4.69) is 9.88 Å². The van der Waals surface area contributed by atoms with Gasteiger partial charge in [-0.3, -0.25) is 4.79 Å². The molecule has 0 unspecified atom stereocenters. The molecule has 196 valence electrons. The van der Waals surface area contributed by atoms with Gasteiger partial charge in [0.1, 0.15) is 11.6 Å². The van der Waals surface area contributed by atoms with Crippen LogP contribution in [0.2, 0.25) is 0 Å². The van der Waals surface area contributed by atoms with Gasteiger partial charge in [0.15, 0.2) is 0 Å². The highest BCUT2D eigenvalue weighted by Gasteiger charge is 2.36. The maximum Gasteiger partial charge on any atom is 0.318 e. The first-order chi connectivity index (χ1) is 18.5. The third kappa shape index (κ3) is 4.74. The number of urea groups is 1. The van der Waals surface area contributed by atoms with Gasteiger partial charge >= 0.3 is 12.0 Å². The van der Waals surface area contributed by atoms with Crippen LogP contribution in [0.15, 0.2) is 72.9 Å². The predicted molar refractivity (Wildman–Crippen MR) is 143 cm³/mol. The molecule has 1 atom stereocenters. The summed E-state index contributed by atoms with van der Waals surface area (Å²) in [5.41, 5.74) is 4.53. The molecule has 0 bridgehead atoms. The van der Waals surface area contributed by atoms with Gasteiger partial charge in [-0.1, -0.05) is 30.3 Å². The van der Waals surface area contributed by atoms with E-state index in [1.165, 1.54) is 0 Å². The van der Waals surface area contributed by atoms with Gasteiger partial charge in [0.2, 0.25) is 0 Å². The average Bonchev–Trinajstić information content (AvgIpc) is 3.49. The fraction of sp³-hybridized carbons (Fsp3) is 0.276. The van der Waals surface area contributed by atoms with E-state index in [9.17, 15) is 9.59 Å². The SMILES string of the molecule is CCOC(=O)CCNC(=O)N1Cc2c(C)nn(-c3ccccc3)c2-n2cccc2[C@@H]1c1cccc(OC)c1.